The van der Waals surface area contributed by atoms with Crippen LogP contribution in [0, 0.1) is 5.92 Å². The summed E-state index contributed by atoms with van der Waals surface area (Å²) in [4.78, 5) is 11.9. The van der Waals surface area contributed by atoms with Gasteiger partial charge in [-0.05, 0) is 42.3 Å². The number of Topliss-reactive ketones (excluding diaryl/α,β-unsaturated/α-hetero) is 1. The molecule has 0 radical (unpaired) electrons. The minimum atomic E-state index is 0.334. The van der Waals surface area contributed by atoms with Gasteiger partial charge in [-0.2, -0.15) is 0 Å². The molecule has 0 saturated heterocycles. The molecule has 0 saturated carbocycles. The van der Waals surface area contributed by atoms with Crippen molar-refractivity contribution in [3.63, 3.8) is 0 Å². The van der Waals surface area contributed by atoms with Crippen LogP contribution < -0.4 is 5.73 Å². The highest BCUT2D eigenvalue weighted by Gasteiger charge is 2.08. The Kier molecular flexibility index (Phi) is 6.79. The van der Waals surface area contributed by atoms with Crippen LogP contribution in [0.25, 0.3) is 0 Å². The van der Waals surface area contributed by atoms with E-state index in [-0.39, 0.29) is 0 Å². The quantitative estimate of drug-likeness (QED) is 0.775. The fourth-order valence-electron chi connectivity index (χ4n) is 2.17. The third kappa shape index (κ3) is 6.02. The van der Waals surface area contributed by atoms with Crippen LogP contribution >= 0.6 is 0 Å². The second kappa shape index (κ2) is 8.11. The van der Waals surface area contributed by atoms with Crippen molar-refractivity contribution >= 4 is 5.78 Å². The zero-order chi connectivity index (χ0) is 14.3. The molecule has 0 aromatic heterocycles. The van der Waals surface area contributed by atoms with Crippen molar-refractivity contribution in [3.05, 3.63) is 35.4 Å². The summed E-state index contributed by atoms with van der Waals surface area (Å²) in [7, 11) is 0. The highest BCUT2D eigenvalue weighted by molar-refractivity contribution is 5.80. The number of nitrogens with two attached hydrogens (primary N) is 1. The zero-order valence-corrected chi connectivity index (χ0v) is 12.5. The van der Waals surface area contributed by atoms with E-state index in [9.17, 15) is 4.79 Å². The second-order valence-electron chi connectivity index (χ2n) is 5.83. The lowest BCUT2D eigenvalue weighted by Crippen LogP contribution is -2.09. The lowest BCUT2D eigenvalue weighted by molar-refractivity contribution is -0.118. The summed E-state index contributed by atoms with van der Waals surface area (Å²) in [5, 5.41) is 0. The summed E-state index contributed by atoms with van der Waals surface area (Å²) in [6, 6.07) is 8.42. The standard InChI is InChI=1S/C17H27NO/c1-13(2)16-7-5-15(6-8-16)12-17(19)9-4-14(3)10-11-18/h5-8,13-14H,4,9-12,18H2,1-3H3. The highest BCUT2D eigenvalue weighted by atomic mass is 16.1. The van der Waals surface area contributed by atoms with E-state index >= 15 is 0 Å². The van der Waals surface area contributed by atoms with Gasteiger partial charge >= 0.3 is 0 Å². The maximum Gasteiger partial charge on any atom is 0.137 e. The molecule has 0 heterocycles. The van der Waals surface area contributed by atoms with Gasteiger partial charge in [0.2, 0.25) is 0 Å². The van der Waals surface area contributed by atoms with E-state index < -0.39 is 0 Å². The molecular weight excluding hydrogens is 234 g/mol. The summed E-state index contributed by atoms with van der Waals surface area (Å²) < 4.78 is 0. The topological polar surface area (TPSA) is 43.1 Å². The van der Waals surface area contributed by atoms with Gasteiger partial charge in [0.05, 0.1) is 0 Å². The third-order valence-electron chi connectivity index (χ3n) is 3.62. The SMILES string of the molecule is CC(CCN)CCC(=O)Cc1ccc(C(C)C)cc1. The molecule has 0 spiro atoms. The lowest BCUT2D eigenvalue weighted by atomic mass is 9.96. The summed E-state index contributed by atoms with van der Waals surface area (Å²) in [5.41, 5.74) is 7.97. The van der Waals surface area contributed by atoms with Crippen LogP contribution in [0.4, 0.5) is 0 Å². The van der Waals surface area contributed by atoms with E-state index in [0.717, 1.165) is 18.4 Å². The number of carbonyl (C=O) groups excluding carboxylic acids is 1. The maximum atomic E-state index is 11.9. The van der Waals surface area contributed by atoms with Crippen LogP contribution in [-0.4, -0.2) is 12.3 Å². The number of hydrogen-bond donors (Lipinski definition) is 1. The smallest absolute Gasteiger partial charge is 0.137 e. The van der Waals surface area contributed by atoms with Crippen molar-refractivity contribution in [1.82, 2.24) is 0 Å². The minimum absolute atomic E-state index is 0.334. The number of ketones is 1. The van der Waals surface area contributed by atoms with E-state index in [0.29, 0.717) is 37.0 Å². The summed E-state index contributed by atoms with van der Waals surface area (Å²) in [6.45, 7) is 7.24. The largest absolute Gasteiger partial charge is 0.330 e. The highest BCUT2D eigenvalue weighted by Crippen LogP contribution is 2.16. The molecule has 19 heavy (non-hydrogen) atoms. The fraction of sp³-hybridized carbons (Fsp3) is 0.588. The Balaban J connectivity index is 2.40. The van der Waals surface area contributed by atoms with Crippen molar-refractivity contribution in [2.24, 2.45) is 11.7 Å². The van der Waals surface area contributed by atoms with Crippen LogP contribution in [0.2, 0.25) is 0 Å². The molecule has 2 heteroatoms. The van der Waals surface area contributed by atoms with Crippen LogP contribution in [-0.2, 0) is 11.2 Å². The van der Waals surface area contributed by atoms with Crippen molar-refractivity contribution in [3.8, 4) is 0 Å². The predicted molar refractivity (Wildman–Crippen MR) is 81.3 cm³/mol. The van der Waals surface area contributed by atoms with Gasteiger partial charge in [-0.25, -0.2) is 0 Å². The summed E-state index contributed by atoms with van der Waals surface area (Å²) >= 11 is 0. The Bertz CT molecular complexity index is 381. The fourth-order valence-corrected chi connectivity index (χ4v) is 2.17. The van der Waals surface area contributed by atoms with Crippen molar-refractivity contribution in [1.29, 1.82) is 0 Å². The van der Waals surface area contributed by atoms with Gasteiger partial charge in [0.15, 0.2) is 0 Å². The molecule has 1 aromatic rings. The molecule has 2 N–H and O–H groups in total. The molecular formula is C17H27NO. The van der Waals surface area contributed by atoms with E-state index in [2.05, 4.69) is 45.0 Å². The maximum absolute atomic E-state index is 11.9. The van der Waals surface area contributed by atoms with Gasteiger partial charge in [0.25, 0.3) is 0 Å². The first-order valence-electron chi connectivity index (χ1n) is 7.33. The van der Waals surface area contributed by atoms with Gasteiger partial charge in [-0.3, -0.25) is 4.79 Å². The first-order chi connectivity index (χ1) is 9.02. The van der Waals surface area contributed by atoms with Gasteiger partial charge < -0.3 is 5.73 Å². The monoisotopic (exact) mass is 261 g/mol. The molecule has 2 nitrogen and oxygen atoms in total. The van der Waals surface area contributed by atoms with Crippen molar-refractivity contribution < 1.29 is 4.79 Å². The van der Waals surface area contributed by atoms with E-state index in [1.165, 1.54) is 5.56 Å². The molecule has 1 rings (SSSR count). The van der Waals surface area contributed by atoms with Crippen LogP contribution in [0.1, 0.15) is 57.1 Å². The van der Waals surface area contributed by atoms with Gasteiger partial charge in [0.1, 0.15) is 5.78 Å². The number of hydrogen-bond acceptors (Lipinski definition) is 2. The van der Waals surface area contributed by atoms with Gasteiger partial charge in [-0.1, -0.05) is 45.0 Å². The Morgan fingerprint density at radius 1 is 1.11 bits per heavy atom. The number of rotatable bonds is 8. The molecule has 1 aromatic carbocycles. The minimum Gasteiger partial charge on any atom is -0.330 e. The lowest BCUT2D eigenvalue weighted by Gasteiger charge is -2.09. The van der Waals surface area contributed by atoms with Crippen LogP contribution in [0.5, 0.6) is 0 Å². The van der Waals surface area contributed by atoms with Gasteiger partial charge in [-0.15, -0.1) is 0 Å². The van der Waals surface area contributed by atoms with E-state index in [4.69, 9.17) is 5.73 Å². The predicted octanol–water partition coefficient (Wildman–Crippen LogP) is 3.69. The summed E-state index contributed by atoms with van der Waals surface area (Å²) in [5.74, 6) is 1.43. The van der Waals surface area contributed by atoms with Crippen LogP contribution in [0.15, 0.2) is 24.3 Å². The second-order valence-corrected chi connectivity index (χ2v) is 5.83. The van der Waals surface area contributed by atoms with Crippen LogP contribution in [0.3, 0.4) is 0 Å². The van der Waals surface area contributed by atoms with Crippen molar-refractivity contribution in [2.45, 2.75) is 52.4 Å². The average Bonchev–Trinajstić information content (AvgIpc) is 2.37. The average molecular weight is 261 g/mol. The third-order valence-corrected chi connectivity index (χ3v) is 3.62. The Morgan fingerprint density at radius 3 is 2.26 bits per heavy atom. The molecule has 0 bridgehead atoms. The molecule has 0 aliphatic heterocycles. The molecule has 1 unspecified atom stereocenters. The Morgan fingerprint density at radius 2 is 1.74 bits per heavy atom. The first kappa shape index (κ1) is 15.9. The molecule has 1 atom stereocenters. The van der Waals surface area contributed by atoms with Gasteiger partial charge in [0, 0.05) is 12.8 Å². The molecule has 106 valence electrons. The zero-order valence-electron chi connectivity index (χ0n) is 12.5. The molecule has 0 aliphatic rings. The normalized spacial score (nSPS) is 12.7. The molecule has 0 amide bonds. The number of benzene rings is 1. The van der Waals surface area contributed by atoms with Crippen molar-refractivity contribution in [2.75, 3.05) is 6.54 Å². The molecule has 0 fully saturated rings. The Hall–Kier alpha value is -1.15. The first-order valence-corrected chi connectivity index (χ1v) is 7.33. The van der Waals surface area contributed by atoms with E-state index in [1.807, 2.05) is 0 Å². The van der Waals surface area contributed by atoms with E-state index in [1.54, 1.807) is 0 Å². The summed E-state index contributed by atoms with van der Waals surface area (Å²) in [6.07, 6.45) is 3.21. The Labute approximate surface area is 117 Å². The number of carbonyl (C=O) groups is 1. The molecule has 0 aliphatic carbocycles.